The van der Waals surface area contributed by atoms with Crippen LogP contribution in [-0.4, -0.2) is 66.2 Å². The van der Waals surface area contributed by atoms with Gasteiger partial charge in [-0.15, -0.1) is 0 Å². The molecule has 9 heteroatoms. The van der Waals surface area contributed by atoms with Crippen LogP contribution in [0.15, 0.2) is 70.6 Å². The molecule has 2 saturated heterocycles. The van der Waals surface area contributed by atoms with Gasteiger partial charge in [-0.2, -0.15) is 0 Å². The van der Waals surface area contributed by atoms with Gasteiger partial charge in [-0.1, -0.05) is 36.9 Å². The van der Waals surface area contributed by atoms with Crippen molar-refractivity contribution in [1.82, 2.24) is 9.80 Å². The van der Waals surface area contributed by atoms with Crippen molar-refractivity contribution in [3.8, 4) is 5.75 Å². The first-order chi connectivity index (χ1) is 16.5. The van der Waals surface area contributed by atoms with Crippen LogP contribution in [-0.2, 0) is 9.59 Å². The van der Waals surface area contributed by atoms with Crippen molar-refractivity contribution < 1.29 is 19.1 Å². The third-order valence-corrected chi connectivity index (χ3v) is 7.06. The molecular weight excluding hydrogens is 518 g/mol. The van der Waals surface area contributed by atoms with E-state index in [9.17, 15) is 14.4 Å². The van der Waals surface area contributed by atoms with E-state index >= 15 is 0 Å². The number of halogens is 1. The molecule has 2 aromatic carbocycles. The first kappa shape index (κ1) is 24.1. The number of piperazine rings is 1. The van der Waals surface area contributed by atoms with Gasteiger partial charge < -0.3 is 14.5 Å². The number of imide groups is 1. The maximum absolute atomic E-state index is 12.9. The van der Waals surface area contributed by atoms with Crippen LogP contribution in [0.1, 0.15) is 5.56 Å². The summed E-state index contributed by atoms with van der Waals surface area (Å²) in [5, 5.41) is -0.433. The molecule has 0 aromatic heterocycles. The Morgan fingerprint density at radius 1 is 1.09 bits per heavy atom. The van der Waals surface area contributed by atoms with Crippen LogP contribution in [0.25, 0.3) is 6.08 Å². The fourth-order valence-electron chi connectivity index (χ4n) is 3.75. The van der Waals surface area contributed by atoms with Crippen LogP contribution < -0.4 is 9.64 Å². The second-order valence-electron chi connectivity index (χ2n) is 7.76. The predicted molar refractivity (Wildman–Crippen MR) is 138 cm³/mol. The van der Waals surface area contributed by atoms with Crippen molar-refractivity contribution in [1.29, 1.82) is 0 Å². The minimum Gasteiger partial charge on any atom is -0.488 e. The molecule has 2 aromatic rings. The highest BCUT2D eigenvalue weighted by molar-refractivity contribution is 9.10. The molecule has 0 aliphatic carbocycles. The quantitative estimate of drug-likeness (QED) is 0.382. The number of ether oxygens (including phenoxy) is 1. The smallest absolute Gasteiger partial charge is 0.294 e. The van der Waals surface area contributed by atoms with Gasteiger partial charge in [-0.25, -0.2) is 0 Å². The number of carbonyl (C=O) groups is 3. The molecule has 0 bridgehead atoms. The minimum atomic E-state index is -0.450. The molecule has 0 spiro atoms. The lowest BCUT2D eigenvalue weighted by molar-refractivity contribution is -0.136. The van der Waals surface area contributed by atoms with E-state index in [1.54, 1.807) is 29.2 Å². The zero-order valence-corrected chi connectivity index (χ0v) is 20.9. The Hall–Kier alpha value is -3.04. The molecule has 4 rings (SSSR count). The second-order valence-corrected chi connectivity index (χ2v) is 9.61. The monoisotopic (exact) mass is 541 g/mol. The van der Waals surface area contributed by atoms with Gasteiger partial charge in [0.1, 0.15) is 18.9 Å². The molecule has 7 nitrogen and oxygen atoms in total. The summed E-state index contributed by atoms with van der Waals surface area (Å²) in [6.07, 6.45) is 3.30. The summed E-state index contributed by atoms with van der Waals surface area (Å²) < 4.78 is 6.26. The second kappa shape index (κ2) is 10.9. The number of carbonyl (C=O) groups excluding carboxylic acids is 3. The minimum absolute atomic E-state index is 0.220. The summed E-state index contributed by atoms with van der Waals surface area (Å²) in [6.45, 7) is 6.27. The van der Waals surface area contributed by atoms with Gasteiger partial charge in [0, 0.05) is 31.9 Å². The van der Waals surface area contributed by atoms with Gasteiger partial charge in [-0.05, 0) is 63.6 Å². The number of benzene rings is 2. The number of thioether (sulfide) groups is 1. The van der Waals surface area contributed by atoms with E-state index < -0.39 is 11.1 Å². The van der Waals surface area contributed by atoms with Gasteiger partial charge in [0.2, 0.25) is 5.91 Å². The summed E-state index contributed by atoms with van der Waals surface area (Å²) in [5.41, 5.74) is 1.87. The van der Waals surface area contributed by atoms with Gasteiger partial charge in [-0.3, -0.25) is 19.3 Å². The lowest BCUT2D eigenvalue weighted by Crippen LogP contribution is -2.51. The molecule has 2 heterocycles. The first-order valence-electron chi connectivity index (χ1n) is 10.8. The molecule has 34 heavy (non-hydrogen) atoms. The van der Waals surface area contributed by atoms with E-state index in [1.807, 2.05) is 36.4 Å². The first-order valence-corrected chi connectivity index (χ1v) is 12.4. The molecule has 2 aliphatic rings. The Bertz CT molecular complexity index is 1130. The number of amides is 3. The van der Waals surface area contributed by atoms with Crippen molar-refractivity contribution in [3.05, 3.63) is 76.1 Å². The molecule has 3 amide bonds. The number of rotatable bonds is 7. The molecule has 176 valence electrons. The van der Waals surface area contributed by atoms with E-state index in [4.69, 9.17) is 4.74 Å². The van der Waals surface area contributed by atoms with Crippen molar-refractivity contribution >= 4 is 56.5 Å². The Labute approximate surface area is 211 Å². The maximum Gasteiger partial charge on any atom is 0.294 e. The topological polar surface area (TPSA) is 70.2 Å². The molecule has 0 saturated carbocycles. The Kier molecular flexibility index (Phi) is 7.74. The van der Waals surface area contributed by atoms with Crippen molar-refractivity contribution in [2.45, 2.75) is 0 Å². The van der Waals surface area contributed by atoms with Crippen LogP contribution in [0.4, 0.5) is 10.5 Å². The molecule has 2 fully saturated rings. The largest absolute Gasteiger partial charge is 0.488 e. The van der Waals surface area contributed by atoms with Gasteiger partial charge in [0.05, 0.1) is 9.38 Å². The Morgan fingerprint density at radius 3 is 2.50 bits per heavy atom. The molecular formula is C25H24BrN3O4S. The van der Waals surface area contributed by atoms with Crippen molar-refractivity contribution in [2.75, 3.05) is 44.2 Å². The van der Waals surface area contributed by atoms with Gasteiger partial charge >= 0.3 is 0 Å². The number of anilines is 1. The van der Waals surface area contributed by atoms with Crippen molar-refractivity contribution in [2.24, 2.45) is 0 Å². The highest BCUT2D eigenvalue weighted by Crippen LogP contribution is 2.34. The van der Waals surface area contributed by atoms with Gasteiger partial charge in [0.15, 0.2) is 0 Å². The molecule has 2 aliphatic heterocycles. The summed E-state index contributed by atoms with van der Waals surface area (Å²) in [4.78, 5) is 43.4. The molecule has 0 atom stereocenters. The third kappa shape index (κ3) is 5.53. The predicted octanol–water partition coefficient (Wildman–Crippen LogP) is 4.40. The number of para-hydroxylation sites is 1. The van der Waals surface area contributed by atoms with Crippen LogP contribution in [0.3, 0.4) is 0 Å². The van der Waals surface area contributed by atoms with E-state index in [0.717, 1.165) is 32.4 Å². The SMILES string of the molecule is C=CCOc1ccc(/C=C2/SC(=O)N(CC(=O)N3CCN(c4ccccc4)CC3)C2=O)cc1Br. The maximum atomic E-state index is 12.9. The highest BCUT2D eigenvalue weighted by Gasteiger charge is 2.37. The average Bonchev–Trinajstić information content (AvgIpc) is 3.11. The summed E-state index contributed by atoms with van der Waals surface area (Å²) in [5.74, 6) is -0.0137. The summed E-state index contributed by atoms with van der Waals surface area (Å²) in [7, 11) is 0. The zero-order valence-electron chi connectivity index (χ0n) is 18.5. The number of nitrogens with zero attached hydrogens (tertiary/aromatic N) is 3. The van der Waals surface area contributed by atoms with E-state index in [1.165, 1.54) is 0 Å². The van der Waals surface area contributed by atoms with E-state index in [-0.39, 0.29) is 12.5 Å². The van der Waals surface area contributed by atoms with E-state index in [0.29, 0.717) is 43.4 Å². The van der Waals surface area contributed by atoms with Gasteiger partial charge in [0.25, 0.3) is 11.1 Å². The zero-order chi connectivity index (χ0) is 24.1. The molecule has 0 radical (unpaired) electrons. The van der Waals surface area contributed by atoms with Crippen LogP contribution >= 0.6 is 27.7 Å². The normalized spacial score (nSPS) is 17.4. The molecule has 0 N–H and O–H groups in total. The lowest BCUT2D eigenvalue weighted by Gasteiger charge is -2.36. The Morgan fingerprint density at radius 2 is 1.82 bits per heavy atom. The van der Waals surface area contributed by atoms with Crippen molar-refractivity contribution in [3.63, 3.8) is 0 Å². The third-order valence-electron chi connectivity index (χ3n) is 5.53. The number of hydrogen-bond donors (Lipinski definition) is 0. The number of hydrogen-bond acceptors (Lipinski definition) is 6. The highest BCUT2D eigenvalue weighted by atomic mass is 79.9. The lowest BCUT2D eigenvalue weighted by atomic mass is 10.2. The fourth-order valence-corrected chi connectivity index (χ4v) is 5.10. The Balaban J connectivity index is 1.36. The molecule has 0 unspecified atom stereocenters. The fraction of sp³-hybridized carbons (Fsp3) is 0.240. The summed E-state index contributed by atoms with van der Waals surface area (Å²) in [6, 6.07) is 15.4. The van der Waals surface area contributed by atoms with Crippen LogP contribution in [0.2, 0.25) is 0 Å². The standard InChI is InChI=1S/C25H24BrN3O4S/c1-2-14-33-21-9-8-18(15-20(21)26)16-22-24(31)29(25(32)34-22)17-23(30)28-12-10-27(11-13-28)19-6-4-3-5-7-19/h2-9,15-16H,1,10-14,17H2/b22-16+. The van der Waals surface area contributed by atoms with E-state index in [2.05, 4.69) is 27.4 Å². The summed E-state index contributed by atoms with van der Waals surface area (Å²) >= 11 is 4.30. The average molecular weight is 542 g/mol. The van der Waals surface area contributed by atoms with Crippen LogP contribution in [0, 0.1) is 0 Å². The van der Waals surface area contributed by atoms with Crippen LogP contribution in [0.5, 0.6) is 5.75 Å².